The van der Waals surface area contributed by atoms with Crippen molar-refractivity contribution >= 4 is 26.4 Å². The van der Waals surface area contributed by atoms with E-state index < -0.39 is 0 Å². The highest BCUT2D eigenvalue weighted by molar-refractivity contribution is 6.39. The Balaban J connectivity index is 3.54. The van der Waals surface area contributed by atoms with Gasteiger partial charge >= 0.3 is 0 Å². The highest BCUT2D eigenvalue weighted by atomic mass is 16.2. The number of amides is 2. The van der Waals surface area contributed by atoms with E-state index in [1.807, 2.05) is 13.6 Å². The summed E-state index contributed by atoms with van der Waals surface area (Å²) in [5.41, 5.74) is 5.73. The van der Waals surface area contributed by atoms with Crippen LogP contribution in [0.4, 0.5) is 0 Å². The van der Waals surface area contributed by atoms with E-state index in [4.69, 9.17) is 5.73 Å². The molecule has 7 heteroatoms. The van der Waals surface area contributed by atoms with Gasteiger partial charge in [0.25, 0.3) is 0 Å². The van der Waals surface area contributed by atoms with Gasteiger partial charge in [0.05, 0.1) is 0 Å². The van der Waals surface area contributed by atoms with E-state index in [-0.39, 0.29) is 17.9 Å². The van der Waals surface area contributed by atoms with E-state index in [1.54, 1.807) is 0 Å². The van der Waals surface area contributed by atoms with Crippen LogP contribution in [0.25, 0.3) is 0 Å². The van der Waals surface area contributed by atoms with Gasteiger partial charge in [-0.2, -0.15) is 0 Å². The quantitative estimate of drug-likeness (QED) is 0.432. The zero-order chi connectivity index (χ0) is 12.4. The Labute approximate surface area is 98.4 Å². The minimum atomic E-state index is -0.221. The number of nitrogens with two attached hydrogens (primary N) is 1. The van der Waals surface area contributed by atoms with Crippen LogP contribution in [-0.2, 0) is 9.59 Å². The minimum absolute atomic E-state index is 0.0119. The van der Waals surface area contributed by atoms with Gasteiger partial charge in [-0.05, 0) is 0 Å². The van der Waals surface area contributed by atoms with E-state index >= 15 is 0 Å². The molecule has 0 radical (unpaired) electrons. The molecule has 90 valence electrons. The van der Waals surface area contributed by atoms with E-state index in [2.05, 4.69) is 10.6 Å². The van der Waals surface area contributed by atoms with Gasteiger partial charge in [-0.3, -0.25) is 9.59 Å². The predicted molar refractivity (Wildman–Crippen MR) is 69.6 cm³/mol. The first-order valence-electron chi connectivity index (χ1n) is 5.89. The first-order valence-corrected chi connectivity index (χ1v) is 5.89. The number of carbonyl (C=O) groups is 2. The van der Waals surface area contributed by atoms with Gasteiger partial charge in [-0.15, -0.1) is 0 Å². The SMILES string of the molecule is CBCC(=O)NCC(N)CNC(=O)CBC. The summed E-state index contributed by atoms with van der Waals surface area (Å²) >= 11 is 0. The van der Waals surface area contributed by atoms with Gasteiger partial charge in [0.1, 0.15) is 14.6 Å². The third kappa shape index (κ3) is 8.35. The van der Waals surface area contributed by atoms with E-state index in [1.165, 1.54) is 0 Å². The van der Waals surface area contributed by atoms with Crippen LogP contribution in [0.3, 0.4) is 0 Å². The Kier molecular flexibility index (Phi) is 8.71. The van der Waals surface area contributed by atoms with Crippen LogP contribution in [0, 0.1) is 0 Å². The third-order valence-corrected chi connectivity index (χ3v) is 2.08. The lowest BCUT2D eigenvalue weighted by Crippen LogP contribution is -2.45. The van der Waals surface area contributed by atoms with Crippen molar-refractivity contribution in [3.05, 3.63) is 0 Å². The van der Waals surface area contributed by atoms with Crippen LogP contribution in [0.2, 0.25) is 26.3 Å². The molecule has 4 N–H and O–H groups in total. The van der Waals surface area contributed by atoms with Crippen molar-refractivity contribution in [1.82, 2.24) is 10.6 Å². The number of nitrogens with one attached hydrogen (secondary N) is 2. The highest BCUT2D eigenvalue weighted by Gasteiger charge is 2.07. The van der Waals surface area contributed by atoms with E-state index in [0.29, 0.717) is 25.7 Å². The Morgan fingerprint density at radius 3 is 1.75 bits per heavy atom. The fourth-order valence-corrected chi connectivity index (χ4v) is 1.19. The molecule has 0 aromatic heterocycles. The number of rotatable bonds is 8. The molecule has 0 saturated heterocycles. The van der Waals surface area contributed by atoms with Crippen molar-refractivity contribution in [2.75, 3.05) is 13.1 Å². The lowest BCUT2D eigenvalue weighted by molar-refractivity contribution is -0.119. The largest absolute Gasteiger partial charge is 0.355 e. The highest BCUT2D eigenvalue weighted by Crippen LogP contribution is 1.82. The Bertz CT molecular complexity index is 205. The number of hydrogen-bond acceptors (Lipinski definition) is 3. The monoisotopic (exact) mass is 225 g/mol. The molecule has 2 amide bonds. The van der Waals surface area contributed by atoms with Crippen molar-refractivity contribution in [3.63, 3.8) is 0 Å². The van der Waals surface area contributed by atoms with Gasteiger partial charge in [0.15, 0.2) is 0 Å². The second kappa shape index (κ2) is 9.27. The molecule has 0 aromatic rings. The smallest absolute Gasteiger partial charge is 0.212 e. The summed E-state index contributed by atoms with van der Waals surface area (Å²) in [5, 5.41) is 5.45. The number of hydrogen-bond donors (Lipinski definition) is 3. The average Bonchev–Trinajstić information content (AvgIpc) is 2.24. The fraction of sp³-hybridized carbons (Fsp3) is 0.778. The van der Waals surface area contributed by atoms with Crippen LogP contribution in [-0.4, -0.2) is 45.5 Å². The molecular formula is C9H21B2N3O2. The summed E-state index contributed by atoms with van der Waals surface area (Å²) in [6.45, 7) is 4.71. The fourth-order valence-electron chi connectivity index (χ4n) is 1.19. The number of carbonyl (C=O) groups excluding carboxylic acids is 2. The van der Waals surface area contributed by atoms with Gasteiger partial charge in [-0.1, -0.05) is 13.6 Å². The maximum Gasteiger partial charge on any atom is 0.212 e. The molecule has 0 aliphatic rings. The van der Waals surface area contributed by atoms with E-state index in [9.17, 15) is 9.59 Å². The average molecular weight is 225 g/mol. The molecule has 0 spiro atoms. The lowest BCUT2D eigenvalue weighted by atomic mass is 9.78. The van der Waals surface area contributed by atoms with Crippen molar-refractivity contribution in [1.29, 1.82) is 0 Å². The van der Waals surface area contributed by atoms with Crippen LogP contribution < -0.4 is 16.4 Å². The third-order valence-electron chi connectivity index (χ3n) is 2.08. The Morgan fingerprint density at radius 1 is 1.06 bits per heavy atom. The van der Waals surface area contributed by atoms with Crippen LogP contribution >= 0.6 is 0 Å². The Hall–Kier alpha value is -0.970. The molecule has 5 nitrogen and oxygen atoms in total. The molecule has 0 aromatic carbocycles. The van der Waals surface area contributed by atoms with Gasteiger partial charge in [0.2, 0.25) is 11.8 Å². The molecule has 16 heavy (non-hydrogen) atoms. The van der Waals surface area contributed by atoms with Crippen LogP contribution in [0.5, 0.6) is 0 Å². The molecule has 0 fully saturated rings. The summed E-state index contributed by atoms with van der Waals surface area (Å²) in [6, 6.07) is -0.221. The molecule has 0 saturated carbocycles. The Morgan fingerprint density at radius 2 is 1.44 bits per heavy atom. The van der Waals surface area contributed by atoms with Crippen molar-refractivity contribution in [3.8, 4) is 0 Å². The van der Waals surface area contributed by atoms with Crippen LogP contribution in [0.1, 0.15) is 0 Å². The van der Waals surface area contributed by atoms with Gasteiger partial charge < -0.3 is 16.4 Å². The lowest BCUT2D eigenvalue weighted by Gasteiger charge is -2.13. The summed E-state index contributed by atoms with van der Waals surface area (Å²) in [7, 11) is 1.66. The first-order chi connectivity index (χ1) is 7.60. The normalized spacial score (nSPS) is 9.75. The van der Waals surface area contributed by atoms with E-state index in [0.717, 1.165) is 14.6 Å². The second-order valence-corrected chi connectivity index (χ2v) is 3.87. The second-order valence-electron chi connectivity index (χ2n) is 3.87. The standard InChI is InChI=1S/C9H21B2N3O2/c1-10-3-8(15)13-5-7(12)6-14-9(16)4-11-2/h7,10-11H,3-6,12H2,1-2H3,(H,13,15)(H,14,16). The van der Waals surface area contributed by atoms with Crippen molar-refractivity contribution < 1.29 is 9.59 Å². The van der Waals surface area contributed by atoms with Gasteiger partial charge in [0, 0.05) is 31.8 Å². The van der Waals surface area contributed by atoms with Gasteiger partial charge in [-0.25, -0.2) is 0 Å². The maximum atomic E-state index is 11.1. The first kappa shape index (κ1) is 15.0. The summed E-state index contributed by atoms with van der Waals surface area (Å²) in [5.74, 6) is 0.0238. The minimum Gasteiger partial charge on any atom is -0.355 e. The zero-order valence-electron chi connectivity index (χ0n) is 10.2. The summed E-state index contributed by atoms with van der Waals surface area (Å²) in [4.78, 5) is 22.3. The van der Waals surface area contributed by atoms with Crippen molar-refractivity contribution in [2.24, 2.45) is 5.73 Å². The molecule has 0 aliphatic carbocycles. The van der Waals surface area contributed by atoms with Crippen LogP contribution in [0.15, 0.2) is 0 Å². The topological polar surface area (TPSA) is 84.2 Å². The molecule has 0 bridgehead atoms. The molecule has 0 heterocycles. The zero-order valence-corrected chi connectivity index (χ0v) is 10.2. The van der Waals surface area contributed by atoms with Crippen molar-refractivity contribution in [2.45, 2.75) is 32.3 Å². The molecular weight excluding hydrogens is 204 g/mol. The summed E-state index contributed by atoms with van der Waals surface area (Å²) < 4.78 is 0. The maximum absolute atomic E-state index is 11.1. The summed E-state index contributed by atoms with van der Waals surface area (Å²) in [6.07, 6.45) is 1.05. The molecule has 0 aliphatic heterocycles. The molecule has 0 rings (SSSR count). The molecule has 0 atom stereocenters. The predicted octanol–water partition coefficient (Wildman–Crippen LogP) is -1.65. The molecule has 0 unspecified atom stereocenters.